The Hall–Kier alpha value is -1.19. The van der Waals surface area contributed by atoms with Crippen molar-refractivity contribution in [3.05, 3.63) is 11.6 Å². The minimum absolute atomic E-state index is 0.00420. The standard InChI is InChI=1S/C41H66O12/c1-36(2)14-16-41(35(49)53-34-32(48)30(46)29(45)24(19-42)51-34)17-15-39(6)21(22(41)18-36)8-9-26-38(5)12-11-27(37(3,4)25(38)10-13-40(26,39)7)52-33-31(47)28(44)23(43)20-50-33/h8,22-34,42-48H,9-20H2,1-7H3/t22?,23-,24-,25?,26?,27+,28+,29-,30+,31-,32-,33+,34+,38+,39-,40-,41+/m1/s1. The van der Waals surface area contributed by atoms with Crippen LogP contribution in [0.3, 0.4) is 0 Å². The second kappa shape index (κ2) is 13.5. The van der Waals surface area contributed by atoms with E-state index in [1.807, 2.05) is 0 Å². The molecule has 2 heterocycles. The van der Waals surface area contributed by atoms with E-state index in [1.54, 1.807) is 0 Å². The van der Waals surface area contributed by atoms with Gasteiger partial charge in [0.25, 0.3) is 0 Å². The molecule has 0 spiro atoms. The van der Waals surface area contributed by atoms with Gasteiger partial charge in [-0.1, -0.05) is 60.1 Å². The van der Waals surface area contributed by atoms with Crippen molar-refractivity contribution in [2.24, 2.45) is 50.2 Å². The predicted octanol–water partition coefficient (Wildman–Crippen LogP) is 2.96. The van der Waals surface area contributed by atoms with Crippen LogP contribution in [0.2, 0.25) is 0 Å². The fourth-order valence-electron chi connectivity index (χ4n) is 13.3. The van der Waals surface area contributed by atoms with Crippen LogP contribution in [0.25, 0.3) is 0 Å². The summed E-state index contributed by atoms with van der Waals surface area (Å²) in [7, 11) is 0. The van der Waals surface area contributed by atoms with E-state index in [2.05, 4.69) is 54.5 Å². The average molecular weight is 751 g/mol. The molecule has 0 bridgehead atoms. The van der Waals surface area contributed by atoms with E-state index < -0.39 is 73.3 Å². The van der Waals surface area contributed by atoms with Crippen molar-refractivity contribution in [2.75, 3.05) is 13.2 Å². The van der Waals surface area contributed by atoms with Crippen LogP contribution >= 0.6 is 0 Å². The van der Waals surface area contributed by atoms with Crippen LogP contribution in [0.5, 0.6) is 0 Å². The summed E-state index contributed by atoms with van der Waals surface area (Å²) >= 11 is 0. The lowest BCUT2D eigenvalue weighted by molar-refractivity contribution is -0.308. The fourth-order valence-corrected chi connectivity index (χ4v) is 13.3. The summed E-state index contributed by atoms with van der Waals surface area (Å²) in [6.45, 7) is 15.8. The van der Waals surface area contributed by atoms with Crippen molar-refractivity contribution in [1.82, 2.24) is 0 Å². The number of aliphatic hydroxyl groups is 7. The van der Waals surface area contributed by atoms with Gasteiger partial charge in [-0.25, -0.2) is 0 Å². The topological polar surface area (TPSA) is 196 Å². The van der Waals surface area contributed by atoms with Gasteiger partial charge in [0.05, 0.1) is 24.7 Å². The zero-order valence-corrected chi connectivity index (χ0v) is 32.7. The maximum Gasteiger partial charge on any atom is 0.315 e. The quantitative estimate of drug-likeness (QED) is 0.124. The summed E-state index contributed by atoms with van der Waals surface area (Å²) < 4.78 is 23.8. The third kappa shape index (κ3) is 5.94. The molecule has 2 saturated heterocycles. The SMILES string of the molecule is CC1(C)CC[C@]2(C(=O)O[C@@H]3O[C@H](CO)[C@@H](O)[C@H](O)[C@H]3O)CC[C@]3(C)C(=CCC4[C@@]5(C)CC[C@H](O[C@@H]6OC[C@@H](O)[C@H](O)[C@H]6O)C(C)(C)C5CC[C@]43C)C2C1. The van der Waals surface area contributed by atoms with Crippen molar-refractivity contribution < 1.29 is 59.5 Å². The molecule has 53 heavy (non-hydrogen) atoms. The van der Waals surface area contributed by atoms with Gasteiger partial charge in [-0.3, -0.25) is 4.79 Å². The Labute approximate surface area is 314 Å². The van der Waals surface area contributed by atoms with Gasteiger partial charge in [0, 0.05) is 0 Å². The highest BCUT2D eigenvalue weighted by Crippen LogP contribution is 2.76. The van der Waals surface area contributed by atoms with Crippen LogP contribution in [0.15, 0.2) is 11.6 Å². The Kier molecular flexibility index (Phi) is 10.2. The molecule has 302 valence electrons. The summed E-state index contributed by atoms with van der Waals surface area (Å²) in [6, 6.07) is 0. The Morgan fingerprint density at radius 2 is 1.47 bits per heavy atom. The second-order valence-electron chi connectivity index (χ2n) is 20.2. The lowest BCUT2D eigenvalue weighted by Gasteiger charge is -2.71. The Balaban J connectivity index is 1.16. The lowest BCUT2D eigenvalue weighted by atomic mass is 9.33. The third-order valence-electron chi connectivity index (χ3n) is 16.8. The molecule has 7 aliphatic rings. The molecule has 12 heteroatoms. The number of aliphatic hydroxyl groups excluding tert-OH is 7. The van der Waals surface area contributed by atoms with Crippen molar-refractivity contribution in [3.63, 3.8) is 0 Å². The van der Waals surface area contributed by atoms with E-state index in [4.69, 9.17) is 18.9 Å². The van der Waals surface area contributed by atoms with Gasteiger partial charge in [-0.05, 0) is 109 Å². The number of fused-ring (bicyclic) bond motifs is 7. The van der Waals surface area contributed by atoms with Gasteiger partial charge >= 0.3 is 5.97 Å². The molecule has 4 saturated carbocycles. The maximum absolute atomic E-state index is 14.5. The minimum atomic E-state index is -1.64. The first-order valence-electron chi connectivity index (χ1n) is 20.2. The first-order chi connectivity index (χ1) is 24.7. The van der Waals surface area contributed by atoms with E-state index in [9.17, 15) is 40.5 Å². The van der Waals surface area contributed by atoms with Gasteiger partial charge in [-0.2, -0.15) is 0 Å². The largest absolute Gasteiger partial charge is 0.432 e. The number of esters is 1. The number of hydrogen-bond acceptors (Lipinski definition) is 12. The molecular formula is C41H66O12. The van der Waals surface area contributed by atoms with E-state index in [1.165, 1.54) is 5.57 Å². The average Bonchev–Trinajstić information content (AvgIpc) is 3.09. The summed E-state index contributed by atoms with van der Waals surface area (Å²) in [5.41, 5.74) is 0.0931. The highest BCUT2D eigenvalue weighted by atomic mass is 16.7. The molecule has 12 nitrogen and oxygen atoms in total. The van der Waals surface area contributed by atoms with Crippen molar-refractivity contribution in [2.45, 2.75) is 174 Å². The summed E-state index contributed by atoms with van der Waals surface area (Å²) in [5.74, 6) is 0.220. The predicted molar refractivity (Wildman–Crippen MR) is 192 cm³/mol. The van der Waals surface area contributed by atoms with Gasteiger partial charge in [0.1, 0.15) is 42.7 Å². The number of allylic oxidation sites excluding steroid dienone is 2. The third-order valence-corrected chi connectivity index (χ3v) is 16.8. The van der Waals surface area contributed by atoms with E-state index in [0.717, 1.165) is 51.4 Å². The summed E-state index contributed by atoms with van der Waals surface area (Å²) in [5, 5.41) is 72.3. The van der Waals surface area contributed by atoms with Crippen molar-refractivity contribution in [1.29, 1.82) is 0 Å². The molecule has 0 aromatic heterocycles. The first-order valence-corrected chi connectivity index (χ1v) is 20.2. The molecule has 2 aliphatic heterocycles. The molecule has 0 radical (unpaired) electrons. The minimum Gasteiger partial charge on any atom is -0.432 e. The second-order valence-corrected chi connectivity index (χ2v) is 20.2. The van der Waals surface area contributed by atoms with Gasteiger partial charge in [0.2, 0.25) is 6.29 Å². The molecule has 7 rings (SSSR count). The van der Waals surface area contributed by atoms with E-state index in [-0.39, 0.29) is 45.7 Å². The van der Waals surface area contributed by atoms with Crippen LogP contribution in [-0.4, -0.2) is 116 Å². The van der Waals surface area contributed by atoms with Crippen molar-refractivity contribution in [3.8, 4) is 0 Å². The van der Waals surface area contributed by atoms with E-state index in [0.29, 0.717) is 24.7 Å². The smallest absolute Gasteiger partial charge is 0.315 e. The fraction of sp³-hybridized carbons (Fsp3) is 0.927. The molecule has 5 aliphatic carbocycles. The lowest BCUT2D eigenvalue weighted by Crippen LogP contribution is -2.66. The zero-order valence-electron chi connectivity index (χ0n) is 32.7. The number of hydrogen-bond donors (Lipinski definition) is 7. The van der Waals surface area contributed by atoms with Crippen LogP contribution in [0.4, 0.5) is 0 Å². The van der Waals surface area contributed by atoms with Gasteiger partial charge in [-0.15, -0.1) is 0 Å². The van der Waals surface area contributed by atoms with Gasteiger partial charge in [0.15, 0.2) is 6.29 Å². The molecule has 3 unspecified atom stereocenters. The van der Waals surface area contributed by atoms with Crippen LogP contribution in [0.1, 0.15) is 113 Å². The molecular weight excluding hydrogens is 684 g/mol. The first kappa shape index (κ1) is 40.0. The Morgan fingerprint density at radius 1 is 0.792 bits per heavy atom. The number of carbonyl (C=O) groups excluding carboxylic acids is 1. The normalized spacial score (nSPS) is 53.2. The highest BCUT2D eigenvalue weighted by Gasteiger charge is 2.70. The molecule has 0 aromatic carbocycles. The van der Waals surface area contributed by atoms with Crippen LogP contribution < -0.4 is 0 Å². The van der Waals surface area contributed by atoms with E-state index >= 15 is 0 Å². The Morgan fingerprint density at radius 3 is 2.17 bits per heavy atom. The molecule has 6 fully saturated rings. The van der Waals surface area contributed by atoms with Crippen LogP contribution in [0, 0.1) is 50.2 Å². The summed E-state index contributed by atoms with van der Waals surface area (Å²) in [6.07, 6.45) is -1.54. The molecule has 0 amide bonds. The molecule has 7 N–H and O–H groups in total. The number of rotatable bonds is 5. The van der Waals surface area contributed by atoms with Crippen LogP contribution in [-0.2, 0) is 23.7 Å². The maximum atomic E-state index is 14.5. The zero-order chi connectivity index (χ0) is 38.7. The van der Waals surface area contributed by atoms with Crippen molar-refractivity contribution >= 4 is 5.97 Å². The number of ether oxygens (including phenoxy) is 4. The monoisotopic (exact) mass is 750 g/mol. The summed E-state index contributed by atoms with van der Waals surface area (Å²) in [4.78, 5) is 14.5. The highest BCUT2D eigenvalue weighted by molar-refractivity contribution is 5.79. The van der Waals surface area contributed by atoms with Gasteiger partial charge < -0.3 is 54.7 Å². The molecule has 17 atom stereocenters. The Bertz CT molecular complexity index is 1430. The number of carbonyl (C=O) groups is 1. The molecule has 0 aromatic rings.